The first-order valence-corrected chi connectivity index (χ1v) is 3.95. The predicted molar refractivity (Wildman–Crippen MR) is 49.5 cm³/mol. The summed E-state index contributed by atoms with van der Waals surface area (Å²) < 4.78 is 0. The van der Waals surface area contributed by atoms with Gasteiger partial charge in [0.1, 0.15) is 0 Å². The molecule has 0 radical (unpaired) electrons. The molecule has 0 saturated carbocycles. The summed E-state index contributed by atoms with van der Waals surface area (Å²) in [7, 11) is 0. The molecule has 2 heteroatoms. The van der Waals surface area contributed by atoms with Gasteiger partial charge in [0.2, 0.25) is 0 Å². The molecule has 0 atom stereocenters. The second-order valence-corrected chi connectivity index (χ2v) is 3.20. The lowest BCUT2D eigenvalue weighted by molar-refractivity contribution is -0.112. The molecule has 0 heterocycles. The number of carbonyl (C=O) groups excluding carboxylic acids is 1. The van der Waals surface area contributed by atoms with E-state index in [9.17, 15) is 4.79 Å². The summed E-state index contributed by atoms with van der Waals surface area (Å²) in [6, 6.07) is 0. The van der Waals surface area contributed by atoms with E-state index in [0.717, 1.165) is 11.1 Å². The van der Waals surface area contributed by atoms with Crippen LogP contribution in [0.25, 0.3) is 0 Å². The highest BCUT2D eigenvalue weighted by Gasteiger charge is 2.21. The Hall–Kier alpha value is -1.18. The molecular weight excluding hydrogens is 150 g/mol. The minimum Gasteiger partial charge on any atom is -0.300 e. The van der Waals surface area contributed by atoms with E-state index in [1.807, 2.05) is 13.8 Å². The zero-order valence-electron chi connectivity index (χ0n) is 7.91. The molecule has 0 unspecified atom stereocenters. The van der Waals surface area contributed by atoms with Crippen LogP contribution in [0, 0.1) is 5.41 Å². The molecule has 1 rings (SSSR count). The Bertz CT molecular complexity index is 270. The van der Waals surface area contributed by atoms with Crippen molar-refractivity contribution in [1.29, 1.82) is 5.41 Å². The predicted octanol–water partition coefficient (Wildman–Crippen LogP) is 2.26. The van der Waals surface area contributed by atoms with Crippen LogP contribution in [0.5, 0.6) is 0 Å². The average Bonchev–Trinajstić information content (AvgIpc) is 2.08. The number of Topliss-reactive ketones (excluding diaryl/α,β-unsaturated/α-hetero) is 1. The molecule has 12 heavy (non-hydrogen) atoms. The molecule has 0 amide bonds. The number of hydrogen-bond donors (Lipinski definition) is 1. The van der Waals surface area contributed by atoms with Crippen molar-refractivity contribution in [3.63, 3.8) is 0 Å². The zero-order chi connectivity index (χ0) is 9.46. The van der Waals surface area contributed by atoms with E-state index < -0.39 is 0 Å². The second-order valence-electron chi connectivity index (χ2n) is 3.20. The van der Waals surface area contributed by atoms with Crippen molar-refractivity contribution in [3.8, 4) is 0 Å². The summed E-state index contributed by atoms with van der Waals surface area (Å²) in [5.41, 5.74) is 3.54. The van der Waals surface area contributed by atoms with E-state index >= 15 is 0 Å². The van der Waals surface area contributed by atoms with Gasteiger partial charge < -0.3 is 5.41 Å². The molecular formula is C10H13NO. The topological polar surface area (TPSA) is 40.9 Å². The van der Waals surface area contributed by atoms with Gasteiger partial charge in [0.05, 0.1) is 5.71 Å². The summed E-state index contributed by atoms with van der Waals surface area (Å²) >= 11 is 0. The molecule has 1 aliphatic rings. The van der Waals surface area contributed by atoms with Gasteiger partial charge >= 0.3 is 0 Å². The lowest BCUT2D eigenvalue weighted by atomic mass is 9.86. The Morgan fingerprint density at radius 2 is 1.17 bits per heavy atom. The van der Waals surface area contributed by atoms with Crippen LogP contribution in [0.15, 0.2) is 22.3 Å². The van der Waals surface area contributed by atoms with Gasteiger partial charge in [-0.05, 0) is 38.8 Å². The molecule has 0 bridgehead atoms. The number of rotatable bonds is 0. The van der Waals surface area contributed by atoms with E-state index in [1.54, 1.807) is 13.8 Å². The van der Waals surface area contributed by atoms with Crippen LogP contribution in [0.2, 0.25) is 0 Å². The van der Waals surface area contributed by atoms with Gasteiger partial charge in [-0.1, -0.05) is 0 Å². The van der Waals surface area contributed by atoms with Crippen molar-refractivity contribution in [2.75, 3.05) is 0 Å². The first-order chi connectivity index (χ1) is 5.46. The smallest absolute Gasteiger partial charge is 0.185 e. The fourth-order valence-corrected chi connectivity index (χ4v) is 1.28. The van der Waals surface area contributed by atoms with Gasteiger partial charge in [-0.25, -0.2) is 0 Å². The molecule has 0 fully saturated rings. The Balaban J connectivity index is 3.32. The van der Waals surface area contributed by atoms with Crippen LogP contribution in [-0.4, -0.2) is 11.5 Å². The first kappa shape index (κ1) is 8.91. The van der Waals surface area contributed by atoms with Crippen molar-refractivity contribution < 1.29 is 4.79 Å². The number of allylic oxidation sites excluding steroid dienone is 4. The minimum atomic E-state index is 0.0843. The van der Waals surface area contributed by atoms with Gasteiger partial charge in [0.15, 0.2) is 5.78 Å². The maximum Gasteiger partial charge on any atom is 0.185 e. The molecule has 0 saturated heterocycles. The molecule has 0 aliphatic heterocycles. The van der Waals surface area contributed by atoms with Gasteiger partial charge in [0.25, 0.3) is 0 Å². The maximum atomic E-state index is 11.5. The lowest BCUT2D eigenvalue weighted by Crippen LogP contribution is -2.18. The molecule has 1 N–H and O–H groups in total. The Labute approximate surface area is 72.5 Å². The van der Waals surface area contributed by atoms with Crippen LogP contribution < -0.4 is 0 Å². The first-order valence-electron chi connectivity index (χ1n) is 3.95. The van der Waals surface area contributed by atoms with Crippen LogP contribution in [0.4, 0.5) is 0 Å². The Morgan fingerprint density at radius 3 is 1.50 bits per heavy atom. The second kappa shape index (κ2) is 2.70. The van der Waals surface area contributed by atoms with Crippen molar-refractivity contribution in [3.05, 3.63) is 22.3 Å². The maximum absolute atomic E-state index is 11.5. The summed E-state index contributed by atoms with van der Waals surface area (Å²) in [5.74, 6) is 0.0843. The van der Waals surface area contributed by atoms with Gasteiger partial charge in [0, 0.05) is 11.1 Å². The number of nitrogens with one attached hydrogen (secondary N) is 1. The Kier molecular flexibility index (Phi) is 2.01. The van der Waals surface area contributed by atoms with E-state index in [-0.39, 0.29) is 5.78 Å². The minimum absolute atomic E-state index is 0.0843. The van der Waals surface area contributed by atoms with Crippen LogP contribution in [0.1, 0.15) is 27.7 Å². The molecule has 0 aromatic rings. The van der Waals surface area contributed by atoms with Gasteiger partial charge in [-0.3, -0.25) is 4.79 Å². The van der Waals surface area contributed by atoms with Crippen LogP contribution >= 0.6 is 0 Å². The van der Waals surface area contributed by atoms with Crippen molar-refractivity contribution in [1.82, 2.24) is 0 Å². The normalized spacial score (nSPS) is 19.3. The number of ketones is 1. The summed E-state index contributed by atoms with van der Waals surface area (Å²) in [5, 5.41) is 7.68. The lowest BCUT2D eigenvalue weighted by Gasteiger charge is -2.17. The fourth-order valence-electron chi connectivity index (χ4n) is 1.28. The highest BCUT2D eigenvalue weighted by Crippen LogP contribution is 2.23. The third-order valence-electron chi connectivity index (χ3n) is 2.56. The van der Waals surface area contributed by atoms with E-state index in [0.29, 0.717) is 16.9 Å². The molecule has 64 valence electrons. The van der Waals surface area contributed by atoms with Crippen LogP contribution in [-0.2, 0) is 4.79 Å². The standard InChI is InChI=1S/C10H13NO/c1-5-7(3)10(12)8(4)6(2)9(5)11/h11H,1-4H3. The molecule has 1 aliphatic carbocycles. The van der Waals surface area contributed by atoms with Crippen molar-refractivity contribution >= 4 is 11.5 Å². The monoisotopic (exact) mass is 163 g/mol. The van der Waals surface area contributed by atoms with E-state index in [1.165, 1.54) is 0 Å². The third-order valence-corrected chi connectivity index (χ3v) is 2.56. The quantitative estimate of drug-likeness (QED) is 0.547. The van der Waals surface area contributed by atoms with Crippen molar-refractivity contribution in [2.45, 2.75) is 27.7 Å². The SMILES string of the molecule is CC1=C(C)C(=O)C(C)=C(C)C1=N. The highest BCUT2D eigenvalue weighted by atomic mass is 16.1. The third kappa shape index (κ3) is 1.04. The number of hydrogen-bond acceptors (Lipinski definition) is 2. The molecule has 0 aromatic carbocycles. The van der Waals surface area contributed by atoms with E-state index in [4.69, 9.17) is 5.41 Å². The summed E-state index contributed by atoms with van der Waals surface area (Å²) in [4.78, 5) is 11.5. The zero-order valence-corrected chi connectivity index (χ0v) is 7.91. The van der Waals surface area contributed by atoms with Gasteiger partial charge in [-0.15, -0.1) is 0 Å². The largest absolute Gasteiger partial charge is 0.300 e. The molecule has 2 nitrogen and oxygen atoms in total. The fraction of sp³-hybridized carbons (Fsp3) is 0.400. The Morgan fingerprint density at radius 1 is 0.833 bits per heavy atom. The summed E-state index contributed by atoms with van der Waals surface area (Å²) in [6.45, 7) is 7.21. The van der Waals surface area contributed by atoms with Crippen molar-refractivity contribution in [2.24, 2.45) is 0 Å². The number of carbonyl (C=O) groups is 1. The van der Waals surface area contributed by atoms with Gasteiger partial charge in [-0.2, -0.15) is 0 Å². The molecule has 0 aromatic heterocycles. The summed E-state index contributed by atoms with van der Waals surface area (Å²) in [6.07, 6.45) is 0. The average molecular weight is 163 g/mol. The van der Waals surface area contributed by atoms with Crippen LogP contribution in [0.3, 0.4) is 0 Å². The van der Waals surface area contributed by atoms with E-state index in [2.05, 4.69) is 0 Å². The highest BCUT2D eigenvalue weighted by molar-refractivity contribution is 6.25. The molecule has 0 spiro atoms.